The number of methoxy groups -OCH3 is 1. The van der Waals surface area contributed by atoms with Crippen LogP contribution in [0.4, 0.5) is 11.4 Å². The van der Waals surface area contributed by atoms with Gasteiger partial charge in [-0.25, -0.2) is 0 Å². The predicted octanol–water partition coefficient (Wildman–Crippen LogP) is 2.69. The number of aryl methyl sites for hydroxylation is 1. The van der Waals surface area contributed by atoms with E-state index in [1.165, 1.54) is 7.11 Å². The number of ether oxygens (including phenoxy) is 3. The van der Waals surface area contributed by atoms with Crippen LogP contribution in [-0.4, -0.2) is 44.7 Å². The highest BCUT2D eigenvalue weighted by Gasteiger charge is 2.26. The van der Waals surface area contributed by atoms with Gasteiger partial charge in [-0.05, 0) is 42.8 Å². The number of anilines is 2. The van der Waals surface area contributed by atoms with E-state index in [1.807, 2.05) is 31.2 Å². The average Bonchev–Trinajstić information content (AvgIpc) is 2.73. The molecule has 1 aliphatic heterocycles. The van der Waals surface area contributed by atoms with Crippen LogP contribution in [0.5, 0.6) is 11.5 Å². The summed E-state index contributed by atoms with van der Waals surface area (Å²) in [6, 6.07) is 12.7. The first-order chi connectivity index (χ1) is 14.5. The molecule has 0 unspecified atom stereocenters. The number of nitrogens with one attached hydrogen (secondary N) is 1. The number of esters is 1. The Morgan fingerprint density at radius 1 is 1.17 bits per heavy atom. The summed E-state index contributed by atoms with van der Waals surface area (Å²) in [6.07, 6.45) is 0.00449. The van der Waals surface area contributed by atoms with Crippen LogP contribution in [0.15, 0.2) is 42.5 Å². The molecule has 0 radical (unpaired) electrons. The molecule has 0 atom stereocenters. The van der Waals surface area contributed by atoms with E-state index >= 15 is 0 Å². The highest BCUT2D eigenvalue weighted by molar-refractivity contribution is 5.99. The molecule has 3 rings (SSSR count). The molecule has 30 heavy (non-hydrogen) atoms. The fraction of sp³-hybridized carbons (Fsp3) is 0.318. The van der Waals surface area contributed by atoms with Crippen LogP contribution in [-0.2, 0) is 19.1 Å². The van der Waals surface area contributed by atoms with E-state index < -0.39 is 5.97 Å². The Kier molecular flexibility index (Phi) is 6.90. The minimum absolute atomic E-state index is 0.00268. The number of benzene rings is 2. The fourth-order valence-corrected chi connectivity index (χ4v) is 3.03. The van der Waals surface area contributed by atoms with Crippen LogP contribution in [0.3, 0.4) is 0 Å². The van der Waals surface area contributed by atoms with Gasteiger partial charge >= 0.3 is 5.97 Å². The van der Waals surface area contributed by atoms with E-state index in [1.54, 1.807) is 23.1 Å². The Labute approximate surface area is 174 Å². The Bertz CT molecular complexity index is 943. The summed E-state index contributed by atoms with van der Waals surface area (Å²) in [4.78, 5) is 37.2. The second-order valence-corrected chi connectivity index (χ2v) is 6.81. The Morgan fingerprint density at radius 3 is 2.77 bits per heavy atom. The zero-order valence-corrected chi connectivity index (χ0v) is 17.0. The summed E-state index contributed by atoms with van der Waals surface area (Å²) < 4.78 is 15.8. The number of carbonyl (C=O) groups is 3. The summed E-state index contributed by atoms with van der Waals surface area (Å²) in [7, 11) is 1.28. The number of fused-ring (bicyclic) bond motifs is 1. The summed E-state index contributed by atoms with van der Waals surface area (Å²) in [6.45, 7) is 2.57. The molecule has 1 heterocycles. The molecule has 2 amide bonds. The highest BCUT2D eigenvalue weighted by atomic mass is 16.5. The Hall–Kier alpha value is -3.55. The first-order valence-corrected chi connectivity index (χ1v) is 9.59. The van der Waals surface area contributed by atoms with E-state index in [0.717, 1.165) is 11.3 Å². The minimum Gasteiger partial charge on any atom is -0.492 e. The lowest BCUT2D eigenvalue weighted by Crippen LogP contribution is -2.41. The third-order valence-corrected chi connectivity index (χ3v) is 4.54. The van der Waals surface area contributed by atoms with Gasteiger partial charge in [0.05, 0.1) is 25.8 Å². The van der Waals surface area contributed by atoms with Gasteiger partial charge < -0.3 is 24.4 Å². The molecule has 8 heteroatoms. The van der Waals surface area contributed by atoms with Crippen molar-refractivity contribution in [3.8, 4) is 11.5 Å². The van der Waals surface area contributed by atoms with Gasteiger partial charge in [0.1, 0.15) is 18.1 Å². The lowest BCUT2D eigenvalue weighted by atomic mass is 10.2. The lowest BCUT2D eigenvalue weighted by Gasteiger charge is -2.29. The monoisotopic (exact) mass is 412 g/mol. The van der Waals surface area contributed by atoms with E-state index in [9.17, 15) is 14.4 Å². The van der Waals surface area contributed by atoms with Crippen LogP contribution in [0.25, 0.3) is 0 Å². The van der Waals surface area contributed by atoms with Crippen molar-refractivity contribution in [3.05, 3.63) is 48.0 Å². The fourth-order valence-electron chi connectivity index (χ4n) is 3.03. The molecule has 1 aliphatic rings. The van der Waals surface area contributed by atoms with Gasteiger partial charge in [0, 0.05) is 12.1 Å². The van der Waals surface area contributed by atoms with Crippen LogP contribution in [0.2, 0.25) is 0 Å². The smallest absolute Gasteiger partial charge is 0.306 e. The second-order valence-electron chi connectivity index (χ2n) is 6.81. The number of rotatable bonds is 8. The van der Waals surface area contributed by atoms with Crippen molar-refractivity contribution in [1.29, 1.82) is 0 Å². The van der Waals surface area contributed by atoms with Gasteiger partial charge in [-0.2, -0.15) is 0 Å². The molecule has 2 aromatic rings. The minimum atomic E-state index is -0.450. The quantitative estimate of drug-likeness (QED) is 0.670. The maximum Gasteiger partial charge on any atom is 0.306 e. The number of amides is 2. The van der Waals surface area contributed by atoms with Gasteiger partial charge in [0.2, 0.25) is 5.91 Å². The van der Waals surface area contributed by atoms with Gasteiger partial charge in [-0.1, -0.05) is 12.1 Å². The Morgan fingerprint density at radius 2 is 2.00 bits per heavy atom. The first-order valence-electron chi connectivity index (χ1n) is 9.59. The molecule has 2 aromatic carbocycles. The maximum absolute atomic E-state index is 12.4. The largest absolute Gasteiger partial charge is 0.492 e. The van der Waals surface area contributed by atoms with Crippen molar-refractivity contribution in [1.82, 2.24) is 0 Å². The molecular formula is C22H24N2O6. The molecule has 0 saturated carbocycles. The van der Waals surface area contributed by atoms with Crippen LogP contribution < -0.4 is 19.7 Å². The standard InChI is InChI=1S/C22H24N2O6/c1-15-4-3-5-17(12-15)29-11-10-24-18-13-16(6-7-19(18)30-14-21(24)26)23-20(25)8-9-22(27)28-2/h3-7,12-13H,8-11,14H2,1-2H3,(H,23,25). The summed E-state index contributed by atoms with van der Waals surface area (Å²) in [5, 5.41) is 2.72. The van der Waals surface area contributed by atoms with Gasteiger partial charge in [-0.15, -0.1) is 0 Å². The van der Waals surface area contributed by atoms with Crippen molar-refractivity contribution >= 4 is 29.2 Å². The number of hydrogen-bond donors (Lipinski definition) is 1. The normalized spacial score (nSPS) is 12.6. The molecular weight excluding hydrogens is 388 g/mol. The number of carbonyl (C=O) groups excluding carboxylic acids is 3. The van der Waals surface area contributed by atoms with Crippen molar-refractivity contribution in [3.63, 3.8) is 0 Å². The summed E-state index contributed by atoms with van der Waals surface area (Å²) in [5.41, 5.74) is 2.16. The predicted molar refractivity (Wildman–Crippen MR) is 111 cm³/mol. The molecule has 0 aromatic heterocycles. The van der Waals surface area contributed by atoms with E-state index in [0.29, 0.717) is 30.3 Å². The summed E-state index contributed by atoms with van der Waals surface area (Å²) in [5.74, 6) is 0.330. The zero-order valence-electron chi connectivity index (χ0n) is 17.0. The molecule has 158 valence electrons. The van der Waals surface area contributed by atoms with Crippen LogP contribution >= 0.6 is 0 Å². The molecule has 0 bridgehead atoms. The van der Waals surface area contributed by atoms with Gasteiger partial charge in [0.25, 0.3) is 5.91 Å². The van der Waals surface area contributed by atoms with Crippen molar-refractivity contribution in [2.75, 3.05) is 37.1 Å². The van der Waals surface area contributed by atoms with Crippen LogP contribution in [0, 0.1) is 6.92 Å². The third kappa shape index (κ3) is 5.50. The highest BCUT2D eigenvalue weighted by Crippen LogP contribution is 2.34. The second kappa shape index (κ2) is 9.78. The van der Waals surface area contributed by atoms with Crippen molar-refractivity contribution in [2.45, 2.75) is 19.8 Å². The first kappa shape index (κ1) is 21.2. The number of nitrogens with zero attached hydrogens (tertiary/aromatic N) is 1. The molecule has 1 N–H and O–H groups in total. The van der Waals surface area contributed by atoms with E-state index in [-0.39, 0.29) is 31.3 Å². The molecule has 0 spiro atoms. The molecule has 8 nitrogen and oxygen atoms in total. The zero-order chi connectivity index (χ0) is 21.5. The lowest BCUT2D eigenvalue weighted by molar-refractivity contribution is -0.141. The molecule has 0 aliphatic carbocycles. The number of hydrogen-bond acceptors (Lipinski definition) is 6. The topological polar surface area (TPSA) is 94.2 Å². The van der Waals surface area contributed by atoms with Crippen molar-refractivity contribution in [2.24, 2.45) is 0 Å². The van der Waals surface area contributed by atoms with E-state index in [4.69, 9.17) is 9.47 Å². The summed E-state index contributed by atoms with van der Waals surface area (Å²) >= 11 is 0. The van der Waals surface area contributed by atoms with Crippen molar-refractivity contribution < 1.29 is 28.6 Å². The average molecular weight is 412 g/mol. The Balaban J connectivity index is 1.65. The molecule has 0 fully saturated rings. The van der Waals surface area contributed by atoms with Gasteiger partial charge in [-0.3, -0.25) is 14.4 Å². The van der Waals surface area contributed by atoms with Gasteiger partial charge in [0.15, 0.2) is 6.61 Å². The van der Waals surface area contributed by atoms with E-state index in [2.05, 4.69) is 10.1 Å². The molecule has 0 saturated heterocycles. The third-order valence-electron chi connectivity index (χ3n) is 4.54. The SMILES string of the molecule is COC(=O)CCC(=O)Nc1ccc2c(c1)N(CCOc1cccc(C)c1)C(=O)CO2. The van der Waals surface area contributed by atoms with Crippen LogP contribution in [0.1, 0.15) is 18.4 Å². The maximum atomic E-state index is 12.4.